The van der Waals surface area contributed by atoms with E-state index in [2.05, 4.69) is 15.1 Å². The Balaban J connectivity index is 1.42. The van der Waals surface area contributed by atoms with Crippen molar-refractivity contribution in [1.29, 1.82) is 0 Å². The fourth-order valence-electron chi connectivity index (χ4n) is 3.17. The van der Waals surface area contributed by atoms with E-state index < -0.39 is 11.6 Å². The van der Waals surface area contributed by atoms with E-state index in [9.17, 15) is 8.78 Å². The summed E-state index contributed by atoms with van der Waals surface area (Å²) in [5.74, 6) is -0.309. The molecule has 4 rings (SSSR count). The van der Waals surface area contributed by atoms with Crippen LogP contribution in [-0.2, 0) is 6.54 Å². The molecule has 1 atom stereocenters. The molecule has 2 aromatic carbocycles. The first-order chi connectivity index (χ1) is 12.2. The standard InChI is InChI=1S/C19H17F2N3O/c20-16-7-6-13(10-17(16)21)11-24-9-8-15(12-24)19-23-22-18(25-19)14-4-2-1-3-5-14/h1-7,10,15H,8-9,11-12H2/t15-/m0/s1. The van der Waals surface area contributed by atoms with Gasteiger partial charge in [-0.05, 0) is 42.8 Å². The molecule has 0 amide bonds. The minimum absolute atomic E-state index is 0.162. The van der Waals surface area contributed by atoms with Crippen LogP contribution in [0.4, 0.5) is 8.78 Å². The fourth-order valence-corrected chi connectivity index (χ4v) is 3.17. The van der Waals surface area contributed by atoms with Crippen molar-refractivity contribution in [2.45, 2.75) is 18.9 Å². The van der Waals surface area contributed by atoms with E-state index in [1.54, 1.807) is 6.07 Å². The van der Waals surface area contributed by atoms with Gasteiger partial charge in [-0.1, -0.05) is 24.3 Å². The molecule has 0 spiro atoms. The van der Waals surface area contributed by atoms with Gasteiger partial charge >= 0.3 is 0 Å². The van der Waals surface area contributed by atoms with Crippen LogP contribution in [0.1, 0.15) is 23.8 Å². The third kappa shape index (κ3) is 3.44. The first kappa shape index (κ1) is 15.9. The van der Waals surface area contributed by atoms with Crippen LogP contribution in [0.2, 0.25) is 0 Å². The molecule has 0 aliphatic carbocycles. The predicted octanol–water partition coefficient (Wildman–Crippen LogP) is 4.00. The number of hydrogen-bond acceptors (Lipinski definition) is 4. The minimum Gasteiger partial charge on any atom is -0.420 e. The maximum atomic E-state index is 13.3. The van der Waals surface area contributed by atoms with Gasteiger partial charge < -0.3 is 4.42 Å². The summed E-state index contributed by atoms with van der Waals surface area (Å²) < 4.78 is 32.2. The molecule has 1 fully saturated rings. The van der Waals surface area contributed by atoms with Crippen molar-refractivity contribution < 1.29 is 13.2 Å². The van der Waals surface area contributed by atoms with Gasteiger partial charge in [0.2, 0.25) is 11.8 Å². The molecular weight excluding hydrogens is 324 g/mol. The Morgan fingerprint density at radius 3 is 2.68 bits per heavy atom. The zero-order valence-corrected chi connectivity index (χ0v) is 13.5. The molecule has 4 nitrogen and oxygen atoms in total. The highest BCUT2D eigenvalue weighted by Gasteiger charge is 2.28. The summed E-state index contributed by atoms with van der Waals surface area (Å²) >= 11 is 0. The molecule has 1 saturated heterocycles. The van der Waals surface area contributed by atoms with Crippen LogP contribution in [-0.4, -0.2) is 28.2 Å². The van der Waals surface area contributed by atoms with Gasteiger partial charge in [-0.3, -0.25) is 4.90 Å². The van der Waals surface area contributed by atoms with Crippen molar-refractivity contribution in [1.82, 2.24) is 15.1 Å². The highest BCUT2D eigenvalue weighted by atomic mass is 19.2. The van der Waals surface area contributed by atoms with Crippen LogP contribution in [0.3, 0.4) is 0 Å². The fraction of sp³-hybridized carbons (Fsp3) is 0.263. The van der Waals surface area contributed by atoms with Crippen LogP contribution < -0.4 is 0 Å². The summed E-state index contributed by atoms with van der Waals surface area (Å²) in [6.45, 7) is 2.19. The Morgan fingerprint density at radius 1 is 1.04 bits per heavy atom. The molecule has 3 aromatic rings. The number of benzene rings is 2. The summed E-state index contributed by atoms with van der Waals surface area (Å²) in [6.07, 6.45) is 0.903. The Labute approximate surface area is 144 Å². The van der Waals surface area contributed by atoms with E-state index in [4.69, 9.17) is 4.42 Å². The quantitative estimate of drug-likeness (QED) is 0.719. The summed E-state index contributed by atoms with van der Waals surface area (Å²) in [7, 11) is 0. The summed E-state index contributed by atoms with van der Waals surface area (Å²) in [4.78, 5) is 2.18. The zero-order valence-electron chi connectivity index (χ0n) is 13.5. The number of rotatable bonds is 4. The van der Waals surface area contributed by atoms with Crippen LogP contribution in [0.15, 0.2) is 52.9 Å². The Bertz CT molecular complexity index is 866. The molecule has 0 saturated carbocycles. The van der Waals surface area contributed by atoms with E-state index in [0.29, 0.717) is 18.3 Å². The second-order valence-electron chi connectivity index (χ2n) is 6.28. The molecule has 0 unspecified atom stereocenters. The lowest BCUT2D eigenvalue weighted by atomic mass is 10.1. The average molecular weight is 341 g/mol. The van der Waals surface area contributed by atoms with Crippen LogP contribution in [0.25, 0.3) is 11.5 Å². The van der Waals surface area contributed by atoms with Crippen molar-refractivity contribution in [3.8, 4) is 11.5 Å². The normalized spacial score (nSPS) is 17.9. The molecule has 2 heterocycles. The molecule has 0 bridgehead atoms. The molecule has 1 aliphatic heterocycles. The van der Waals surface area contributed by atoms with Crippen LogP contribution in [0, 0.1) is 11.6 Å². The van der Waals surface area contributed by atoms with Gasteiger partial charge in [-0.25, -0.2) is 8.78 Å². The van der Waals surface area contributed by atoms with Gasteiger partial charge in [0.05, 0.1) is 5.92 Å². The molecule has 6 heteroatoms. The maximum Gasteiger partial charge on any atom is 0.247 e. The number of nitrogens with zero attached hydrogens (tertiary/aromatic N) is 3. The number of hydrogen-bond donors (Lipinski definition) is 0. The largest absolute Gasteiger partial charge is 0.420 e. The van der Waals surface area contributed by atoms with Crippen molar-refractivity contribution >= 4 is 0 Å². The zero-order chi connectivity index (χ0) is 17.2. The molecule has 25 heavy (non-hydrogen) atoms. The Hall–Kier alpha value is -2.60. The third-order valence-corrected chi connectivity index (χ3v) is 4.47. The van der Waals surface area contributed by atoms with E-state index in [1.165, 1.54) is 12.1 Å². The molecule has 0 radical (unpaired) electrons. The van der Waals surface area contributed by atoms with Gasteiger partial charge in [-0.2, -0.15) is 0 Å². The lowest BCUT2D eigenvalue weighted by Crippen LogP contribution is -2.20. The first-order valence-electron chi connectivity index (χ1n) is 8.24. The van der Waals surface area contributed by atoms with E-state index in [-0.39, 0.29) is 5.92 Å². The molecule has 128 valence electrons. The van der Waals surface area contributed by atoms with Gasteiger partial charge in [0, 0.05) is 18.7 Å². The third-order valence-electron chi connectivity index (χ3n) is 4.47. The SMILES string of the molecule is Fc1ccc(CN2CC[C@H](c3nnc(-c4ccccc4)o3)C2)cc1F. The maximum absolute atomic E-state index is 13.3. The van der Waals surface area contributed by atoms with Gasteiger partial charge in [-0.15, -0.1) is 10.2 Å². The second-order valence-corrected chi connectivity index (χ2v) is 6.28. The molecule has 1 aromatic heterocycles. The predicted molar refractivity (Wildman–Crippen MR) is 88.7 cm³/mol. The van der Waals surface area contributed by atoms with Crippen LogP contribution in [0.5, 0.6) is 0 Å². The number of halogens is 2. The Morgan fingerprint density at radius 2 is 1.88 bits per heavy atom. The van der Waals surface area contributed by atoms with Gasteiger partial charge in [0.1, 0.15) is 0 Å². The first-order valence-corrected chi connectivity index (χ1v) is 8.24. The highest BCUT2D eigenvalue weighted by molar-refractivity contribution is 5.51. The summed E-state index contributed by atoms with van der Waals surface area (Å²) in [5.41, 5.74) is 1.66. The van der Waals surface area contributed by atoms with Crippen LogP contribution >= 0.6 is 0 Å². The average Bonchev–Trinajstić information content (AvgIpc) is 3.28. The Kier molecular flexibility index (Phi) is 4.28. The molecular formula is C19H17F2N3O. The van der Waals surface area contributed by atoms with Crippen molar-refractivity contribution in [2.75, 3.05) is 13.1 Å². The van der Waals surface area contributed by atoms with Gasteiger partial charge in [0.15, 0.2) is 11.6 Å². The van der Waals surface area contributed by atoms with Gasteiger partial charge in [0.25, 0.3) is 0 Å². The minimum atomic E-state index is -0.817. The molecule has 0 N–H and O–H groups in total. The monoisotopic (exact) mass is 341 g/mol. The smallest absolute Gasteiger partial charge is 0.247 e. The topological polar surface area (TPSA) is 42.2 Å². The second kappa shape index (κ2) is 6.72. The van der Waals surface area contributed by atoms with Crippen molar-refractivity contribution in [2.24, 2.45) is 0 Å². The lowest BCUT2D eigenvalue weighted by molar-refractivity contribution is 0.319. The summed E-state index contributed by atoms with van der Waals surface area (Å²) in [6, 6.07) is 13.7. The molecule has 1 aliphatic rings. The van der Waals surface area contributed by atoms with E-state index in [0.717, 1.165) is 30.6 Å². The number of aromatic nitrogens is 2. The lowest BCUT2D eigenvalue weighted by Gasteiger charge is -2.15. The van der Waals surface area contributed by atoms with E-state index >= 15 is 0 Å². The highest BCUT2D eigenvalue weighted by Crippen LogP contribution is 2.29. The summed E-state index contributed by atoms with van der Waals surface area (Å²) in [5, 5.41) is 8.32. The van der Waals surface area contributed by atoms with Crippen molar-refractivity contribution in [3.63, 3.8) is 0 Å². The van der Waals surface area contributed by atoms with Crippen molar-refractivity contribution in [3.05, 3.63) is 71.6 Å². The van der Waals surface area contributed by atoms with E-state index in [1.807, 2.05) is 30.3 Å². The number of likely N-dealkylation sites (tertiary alicyclic amines) is 1.